The maximum Gasteiger partial charge on any atom is 0.163 e. The normalized spacial score (nSPS) is 13.1. The highest BCUT2D eigenvalue weighted by molar-refractivity contribution is 5.18. The summed E-state index contributed by atoms with van der Waals surface area (Å²) in [6.45, 7) is 4.40. The van der Waals surface area contributed by atoms with Crippen LogP contribution in [0.2, 0.25) is 0 Å². The standard InChI is InChI=1S/C13H19F2NO/c1-9(2)12(6-7-17)16-8-10-4-3-5-11(14)13(10)15/h3-5,9,12,16-17H,6-8H2,1-2H3. The summed E-state index contributed by atoms with van der Waals surface area (Å²) in [5, 5.41) is 12.0. The second-order valence-corrected chi connectivity index (χ2v) is 4.46. The monoisotopic (exact) mass is 243 g/mol. The number of nitrogens with one attached hydrogen (secondary N) is 1. The molecule has 1 aromatic rings. The molecule has 1 aromatic carbocycles. The number of rotatable bonds is 6. The van der Waals surface area contributed by atoms with Crippen molar-refractivity contribution in [3.63, 3.8) is 0 Å². The first-order chi connectivity index (χ1) is 8.06. The summed E-state index contributed by atoms with van der Waals surface area (Å²) in [4.78, 5) is 0. The van der Waals surface area contributed by atoms with Crippen molar-refractivity contribution in [1.82, 2.24) is 5.32 Å². The highest BCUT2D eigenvalue weighted by Gasteiger charge is 2.14. The number of benzene rings is 1. The first-order valence-electron chi connectivity index (χ1n) is 5.83. The molecule has 17 heavy (non-hydrogen) atoms. The van der Waals surface area contributed by atoms with Gasteiger partial charge in [-0.3, -0.25) is 0 Å². The van der Waals surface area contributed by atoms with Gasteiger partial charge in [-0.05, 0) is 18.4 Å². The highest BCUT2D eigenvalue weighted by Crippen LogP contribution is 2.13. The molecule has 1 unspecified atom stereocenters. The van der Waals surface area contributed by atoms with Crippen LogP contribution in [0.15, 0.2) is 18.2 Å². The van der Waals surface area contributed by atoms with Gasteiger partial charge in [-0.15, -0.1) is 0 Å². The van der Waals surface area contributed by atoms with Gasteiger partial charge in [0.05, 0.1) is 0 Å². The molecule has 0 aliphatic carbocycles. The lowest BCUT2D eigenvalue weighted by Gasteiger charge is -2.21. The van der Waals surface area contributed by atoms with Crippen LogP contribution in [0.4, 0.5) is 8.78 Å². The molecule has 0 spiro atoms. The van der Waals surface area contributed by atoms with Gasteiger partial charge in [-0.2, -0.15) is 0 Å². The van der Waals surface area contributed by atoms with E-state index in [1.807, 2.05) is 13.8 Å². The van der Waals surface area contributed by atoms with E-state index < -0.39 is 11.6 Å². The summed E-state index contributed by atoms with van der Waals surface area (Å²) >= 11 is 0. The predicted octanol–water partition coefficient (Wildman–Crippen LogP) is 2.46. The Morgan fingerprint density at radius 3 is 2.59 bits per heavy atom. The number of hydrogen-bond acceptors (Lipinski definition) is 2. The summed E-state index contributed by atoms with van der Waals surface area (Å²) < 4.78 is 26.3. The number of aliphatic hydroxyl groups is 1. The fourth-order valence-corrected chi connectivity index (χ4v) is 1.74. The van der Waals surface area contributed by atoms with Gasteiger partial charge in [0.2, 0.25) is 0 Å². The number of hydrogen-bond donors (Lipinski definition) is 2. The molecule has 0 aliphatic rings. The second-order valence-electron chi connectivity index (χ2n) is 4.46. The van der Waals surface area contributed by atoms with E-state index in [0.717, 1.165) is 6.07 Å². The molecule has 2 N–H and O–H groups in total. The number of aliphatic hydroxyl groups excluding tert-OH is 1. The molecule has 1 atom stereocenters. The first-order valence-corrected chi connectivity index (χ1v) is 5.83. The van der Waals surface area contributed by atoms with Crippen LogP contribution >= 0.6 is 0 Å². The molecule has 0 heterocycles. The topological polar surface area (TPSA) is 32.3 Å². The Morgan fingerprint density at radius 1 is 1.29 bits per heavy atom. The molecule has 96 valence electrons. The van der Waals surface area contributed by atoms with Gasteiger partial charge in [0, 0.05) is 24.8 Å². The molecular formula is C13H19F2NO. The van der Waals surface area contributed by atoms with Crippen LogP contribution in [0.1, 0.15) is 25.8 Å². The molecule has 0 saturated carbocycles. The van der Waals surface area contributed by atoms with E-state index in [4.69, 9.17) is 5.11 Å². The minimum atomic E-state index is -0.826. The van der Waals surface area contributed by atoms with E-state index >= 15 is 0 Å². The SMILES string of the molecule is CC(C)C(CCO)NCc1cccc(F)c1F. The summed E-state index contributed by atoms with van der Waals surface area (Å²) in [5.41, 5.74) is 0.314. The molecule has 0 radical (unpaired) electrons. The van der Waals surface area contributed by atoms with Crippen LogP contribution in [0, 0.1) is 17.6 Å². The van der Waals surface area contributed by atoms with E-state index in [1.165, 1.54) is 6.07 Å². The van der Waals surface area contributed by atoms with E-state index in [-0.39, 0.29) is 19.2 Å². The summed E-state index contributed by atoms with van der Waals surface area (Å²) in [7, 11) is 0. The van der Waals surface area contributed by atoms with Crippen molar-refractivity contribution in [2.24, 2.45) is 5.92 Å². The fraction of sp³-hybridized carbons (Fsp3) is 0.538. The smallest absolute Gasteiger partial charge is 0.163 e. The van der Waals surface area contributed by atoms with E-state index in [1.54, 1.807) is 6.07 Å². The van der Waals surface area contributed by atoms with Crippen molar-refractivity contribution in [3.8, 4) is 0 Å². The Labute approximate surface area is 101 Å². The third-order valence-corrected chi connectivity index (χ3v) is 2.83. The zero-order valence-corrected chi connectivity index (χ0v) is 10.2. The Balaban J connectivity index is 2.62. The summed E-state index contributed by atoms with van der Waals surface area (Å²) in [5.74, 6) is -1.29. The van der Waals surface area contributed by atoms with Crippen molar-refractivity contribution in [2.75, 3.05) is 6.61 Å². The van der Waals surface area contributed by atoms with Crippen LogP contribution in [0.25, 0.3) is 0 Å². The lowest BCUT2D eigenvalue weighted by atomic mass is 10.0. The van der Waals surface area contributed by atoms with Gasteiger partial charge < -0.3 is 10.4 Å². The van der Waals surface area contributed by atoms with Gasteiger partial charge >= 0.3 is 0 Å². The molecule has 0 aliphatic heterocycles. The van der Waals surface area contributed by atoms with Crippen LogP contribution in [0.5, 0.6) is 0 Å². The van der Waals surface area contributed by atoms with Gasteiger partial charge in [0.1, 0.15) is 0 Å². The molecule has 0 aromatic heterocycles. The van der Waals surface area contributed by atoms with Gasteiger partial charge in [0.15, 0.2) is 11.6 Å². The molecule has 4 heteroatoms. The largest absolute Gasteiger partial charge is 0.396 e. The van der Waals surface area contributed by atoms with Gasteiger partial charge in [-0.25, -0.2) is 8.78 Å². The maximum absolute atomic E-state index is 13.4. The minimum absolute atomic E-state index is 0.0848. The van der Waals surface area contributed by atoms with Crippen molar-refractivity contribution in [1.29, 1.82) is 0 Å². The van der Waals surface area contributed by atoms with Crippen molar-refractivity contribution >= 4 is 0 Å². The van der Waals surface area contributed by atoms with Gasteiger partial charge in [-0.1, -0.05) is 26.0 Å². The van der Waals surface area contributed by atoms with Crippen LogP contribution < -0.4 is 5.32 Å². The first kappa shape index (κ1) is 14.1. The average molecular weight is 243 g/mol. The van der Waals surface area contributed by atoms with Crippen LogP contribution in [0.3, 0.4) is 0 Å². The predicted molar refractivity (Wildman–Crippen MR) is 63.5 cm³/mol. The van der Waals surface area contributed by atoms with E-state index in [0.29, 0.717) is 17.9 Å². The van der Waals surface area contributed by atoms with Gasteiger partial charge in [0.25, 0.3) is 0 Å². The fourth-order valence-electron chi connectivity index (χ4n) is 1.74. The Bertz CT molecular complexity index is 355. The average Bonchev–Trinajstić information content (AvgIpc) is 2.29. The van der Waals surface area contributed by atoms with E-state index in [9.17, 15) is 8.78 Å². The Morgan fingerprint density at radius 2 is 2.00 bits per heavy atom. The second kappa shape index (κ2) is 6.67. The zero-order chi connectivity index (χ0) is 12.8. The van der Waals surface area contributed by atoms with Crippen LogP contribution in [-0.2, 0) is 6.54 Å². The molecular weight excluding hydrogens is 224 g/mol. The Hall–Kier alpha value is -1.00. The quantitative estimate of drug-likeness (QED) is 0.804. The third kappa shape index (κ3) is 4.06. The molecule has 0 amide bonds. The maximum atomic E-state index is 13.4. The third-order valence-electron chi connectivity index (χ3n) is 2.83. The lowest BCUT2D eigenvalue weighted by molar-refractivity contribution is 0.243. The van der Waals surface area contributed by atoms with E-state index in [2.05, 4.69) is 5.32 Å². The van der Waals surface area contributed by atoms with Crippen LogP contribution in [-0.4, -0.2) is 17.8 Å². The molecule has 0 bridgehead atoms. The summed E-state index contributed by atoms with van der Waals surface area (Å²) in [6, 6.07) is 4.25. The minimum Gasteiger partial charge on any atom is -0.396 e. The highest BCUT2D eigenvalue weighted by atomic mass is 19.2. The van der Waals surface area contributed by atoms with Crippen molar-refractivity contribution < 1.29 is 13.9 Å². The zero-order valence-electron chi connectivity index (χ0n) is 10.2. The molecule has 1 rings (SSSR count). The van der Waals surface area contributed by atoms with Crippen molar-refractivity contribution in [3.05, 3.63) is 35.4 Å². The lowest BCUT2D eigenvalue weighted by Crippen LogP contribution is -2.34. The number of halogens is 2. The Kier molecular flexibility index (Phi) is 5.51. The molecule has 0 fully saturated rings. The molecule has 0 saturated heterocycles. The molecule has 2 nitrogen and oxygen atoms in total. The summed E-state index contributed by atoms with van der Waals surface area (Å²) in [6.07, 6.45) is 0.606. The van der Waals surface area contributed by atoms with Crippen molar-refractivity contribution in [2.45, 2.75) is 32.9 Å².